The summed E-state index contributed by atoms with van der Waals surface area (Å²) in [5.74, 6) is -2.12. The molecule has 0 radical (unpaired) electrons. The first-order chi connectivity index (χ1) is 9.29. The van der Waals surface area contributed by atoms with E-state index in [1.807, 2.05) is 0 Å². The molecule has 0 bridgehead atoms. The van der Waals surface area contributed by atoms with Crippen LogP contribution in [-0.2, 0) is 4.74 Å². The van der Waals surface area contributed by atoms with Crippen LogP contribution in [-0.4, -0.2) is 36.1 Å². The molecule has 2 saturated carbocycles. The fourth-order valence-electron chi connectivity index (χ4n) is 2.97. The molecule has 7 heteroatoms. The highest BCUT2D eigenvalue weighted by Gasteiger charge is 2.55. The van der Waals surface area contributed by atoms with Crippen molar-refractivity contribution in [3.63, 3.8) is 0 Å². The highest BCUT2D eigenvalue weighted by Crippen LogP contribution is 2.43. The zero-order chi connectivity index (χ0) is 14.9. The van der Waals surface area contributed by atoms with Crippen molar-refractivity contribution >= 4 is 11.6 Å². The standard InChI is InChI=1S/C13H18ClF5O/c14-7-5-10(16)12(11(17)6-7)13(18,19)20-9-3-1-8(15)2-4-9/h7-12H,1-6H2. The van der Waals surface area contributed by atoms with E-state index in [0.29, 0.717) is 0 Å². The maximum absolute atomic E-state index is 14.0. The lowest BCUT2D eigenvalue weighted by Crippen LogP contribution is -2.49. The highest BCUT2D eigenvalue weighted by atomic mass is 35.5. The third-order valence-electron chi connectivity index (χ3n) is 4.06. The summed E-state index contributed by atoms with van der Waals surface area (Å²) in [6.07, 6.45) is -9.81. The van der Waals surface area contributed by atoms with Crippen LogP contribution in [0.3, 0.4) is 0 Å². The Morgan fingerprint density at radius 1 is 0.900 bits per heavy atom. The minimum Gasteiger partial charge on any atom is -0.317 e. The largest absolute Gasteiger partial charge is 0.364 e. The maximum Gasteiger partial charge on any atom is 0.364 e. The molecular weight excluding hydrogens is 303 g/mol. The maximum atomic E-state index is 14.0. The summed E-state index contributed by atoms with van der Waals surface area (Å²) >= 11 is 5.62. The molecule has 0 aliphatic heterocycles. The number of hydrogen-bond donors (Lipinski definition) is 0. The van der Waals surface area contributed by atoms with Gasteiger partial charge in [-0.2, -0.15) is 8.78 Å². The Bertz CT molecular complexity index is 310. The summed E-state index contributed by atoms with van der Waals surface area (Å²) in [6.45, 7) is 0. The van der Waals surface area contributed by atoms with Crippen molar-refractivity contribution in [2.24, 2.45) is 5.92 Å². The third kappa shape index (κ3) is 3.75. The van der Waals surface area contributed by atoms with Crippen LogP contribution in [0.2, 0.25) is 0 Å². The van der Waals surface area contributed by atoms with Crippen molar-refractivity contribution in [2.75, 3.05) is 0 Å². The summed E-state index contributed by atoms with van der Waals surface area (Å²) in [7, 11) is 0. The third-order valence-corrected chi connectivity index (χ3v) is 4.41. The quantitative estimate of drug-likeness (QED) is 0.547. The molecule has 2 aliphatic rings. The van der Waals surface area contributed by atoms with E-state index in [2.05, 4.69) is 4.74 Å². The van der Waals surface area contributed by atoms with Crippen LogP contribution in [0.25, 0.3) is 0 Å². The van der Waals surface area contributed by atoms with Gasteiger partial charge in [0.15, 0.2) is 0 Å². The van der Waals surface area contributed by atoms with Gasteiger partial charge in [0, 0.05) is 5.38 Å². The lowest BCUT2D eigenvalue weighted by Gasteiger charge is -2.38. The summed E-state index contributed by atoms with van der Waals surface area (Å²) < 4.78 is 72.9. The van der Waals surface area contributed by atoms with Gasteiger partial charge in [0.05, 0.1) is 6.10 Å². The normalized spacial score (nSPS) is 43.5. The topological polar surface area (TPSA) is 9.23 Å². The van der Waals surface area contributed by atoms with Gasteiger partial charge in [-0.15, -0.1) is 11.6 Å². The average Bonchev–Trinajstić information content (AvgIpc) is 2.30. The van der Waals surface area contributed by atoms with Gasteiger partial charge in [0.2, 0.25) is 0 Å². The van der Waals surface area contributed by atoms with E-state index in [0.717, 1.165) is 0 Å². The van der Waals surface area contributed by atoms with Gasteiger partial charge >= 0.3 is 6.11 Å². The molecule has 0 aromatic rings. The highest BCUT2D eigenvalue weighted by molar-refractivity contribution is 6.20. The molecule has 2 rings (SSSR count). The van der Waals surface area contributed by atoms with Crippen molar-refractivity contribution < 1.29 is 26.7 Å². The predicted octanol–water partition coefficient (Wildman–Crippen LogP) is 4.57. The van der Waals surface area contributed by atoms with Crippen LogP contribution in [0.1, 0.15) is 38.5 Å². The second kappa shape index (κ2) is 6.34. The van der Waals surface area contributed by atoms with Gasteiger partial charge in [-0.05, 0) is 38.5 Å². The monoisotopic (exact) mass is 320 g/mol. The van der Waals surface area contributed by atoms with Gasteiger partial charge in [0.1, 0.15) is 24.4 Å². The predicted molar refractivity (Wildman–Crippen MR) is 65.3 cm³/mol. The van der Waals surface area contributed by atoms with Gasteiger partial charge in [-0.1, -0.05) is 0 Å². The number of halogens is 6. The van der Waals surface area contributed by atoms with E-state index < -0.39 is 42.0 Å². The second-order valence-corrected chi connectivity index (χ2v) is 6.30. The Labute approximate surface area is 119 Å². The lowest BCUT2D eigenvalue weighted by atomic mass is 9.84. The summed E-state index contributed by atoms with van der Waals surface area (Å²) in [6, 6.07) is 0. The van der Waals surface area contributed by atoms with Crippen molar-refractivity contribution in [1.82, 2.24) is 0 Å². The van der Waals surface area contributed by atoms with Crippen molar-refractivity contribution in [3.05, 3.63) is 0 Å². The van der Waals surface area contributed by atoms with Crippen LogP contribution < -0.4 is 0 Å². The van der Waals surface area contributed by atoms with Crippen LogP contribution in [0.15, 0.2) is 0 Å². The molecule has 2 unspecified atom stereocenters. The summed E-state index contributed by atoms with van der Waals surface area (Å²) in [4.78, 5) is 0. The molecule has 2 fully saturated rings. The number of rotatable bonds is 3. The lowest BCUT2D eigenvalue weighted by molar-refractivity contribution is -0.317. The molecular formula is C13H18ClF5O. The zero-order valence-corrected chi connectivity index (χ0v) is 11.6. The van der Waals surface area contributed by atoms with Crippen molar-refractivity contribution in [2.45, 2.75) is 74.6 Å². The first kappa shape index (κ1) is 16.3. The Morgan fingerprint density at radius 3 is 1.90 bits per heavy atom. The number of ether oxygens (including phenoxy) is 1. The molecule has 0 spiro atoms. The van der Waals surface area contributed by atoms with Crippen LogP contribution >= 0.6 is 11.6 Å². The Balaban J connectivity index is 1.98. The molecule has 0 aromatic heterocycles. The molecule has 2 aliphatic carbocycles. The Kier molecular flexibility index (Phi) is 5.16. The molecule has 20 heavy (non-hydrogen) atoms. The van der Waals surface area contributed by atoms with E-state index in [1.165, 1.54) is 0 Å². The first-order valence-electron chi connectivity index (χ1n) is 6.91. The fraction of sp³-hybridized carbons (Fsp3) is 1.00. The van der Waals surface area contributed by atoms with Crippen LogP contribution in [0.4, 0.5) is 22.0 Å². The molecule has 118 valence electrons. The summed E-state index contributed by atoms with van der Waals surface area (Å²) in [5, 5.41) is -0.769. The van der Waals surface area contributed by atoms with Gasteiger partial charge in [-0.3, -0.25) is 0 Å². The van der Waals surface area contributed by atoms with E-state index in [-0.39, 0.29) is 38.5 Å². The van der Waals surface area contributed by atoms with Crippen molar-refractivity contribution in [1.29, 1.82) is 0 Å². The average molecular weight is 321 g/mol. The number of alkyl halides is 6. The van der Waals surface area contributed by atoms with Crippen molar-refractivity contribution in [3.8, 4) is 0 Å². The van der Waals surface area contributed by atoms with E-state index in [1.54, 1.807) is 0 Å². The first-order valence-corrected chi connectivity index (χ1v) is 7.35. The van der Waals surface area contributed by atoms with E-state index in [9.17, 15) is 22.0 Å². The zero-order valence-electron chi connectivity index (χ0n) is 10.9. The summed E-state index contributed by atoms with van der Waals surface area (Å²) in [5.41, 5.74) is 0. The molecule has 0 N–H and O–H groups in total. The number of hydrogen-bond acceptors (Lipinski definition) is 1. The second-order valence-electron chi connectivity index (χ2n) is 5.68. The van der Waals surface area contributed by atoms with Gasteiger partial charge in [-0.25, -0.2) is 13.2 Å². The molecule has 1 nitrogen and oxygen atoms in total. The molecule has 0 aromatic carbocycles. The fourth-order valence-corrected chi connectivity index (χ4v) is 3.31. The van der Waals surface area contributed by atoms with Crippen LogP contribution in [0, 0.1) is 5.92 Å². The molecule has 2 atom stereocenters. The molecule has 0 amide bonds. The Morgan fingerprint density at radius 2 is 1.40 bits per heavy atom. The molecule has 0 heterocycles. The van der Waals surface area contributed by atoms with Gasteiger partial charge < -0.3 is 4.74 Å². The Hall–Kier alpha value is -0.100. The molecule has 0 saturated heterocycles. The minimum absolute atomic E-state index is 0.146. The SMILES string of the molecule is FC1CCC(OC(F)(F)C2C(F)CC(Cl)CC2F)CC1. The van der Waals surface area contributed by atoms with E-state index in [4.69, 9.17) is 11.6 Å². The smallest absolute Gasteiger partial charge is 0.317 e. The minimum atomic E-state index is -3.89. The van der Waals surface area contributed by atoms with Gasteiger partial charge in [0.25, 0.3) is 0 Å². The van der Waals surface area contributed by atoms with Crippen LogP contribution in [0.5, 0.6) is 0 Å². The van der Waals surface area contributed by atoms with E-state index >= 15 is 0 Å².